The van der Waals surface area contributed by atoms with Crippen LogP contribution < -0.4 is 16.4 Å². The van der Waals surface area contributed by atoms with Crippen LogP contribution in [0.15, 0.2) is 36.7 Å². The van der Waals surface area contributed by atoms with E-state index in [2.05, 4.69) is 54.8 Å². The SMILES string of the molecule is NC1CCC(Nc2nc(NCCc3ccccc3)c3[nH]cnc3n2)CC1. The molecular weight excluding hydrogens is 326 g/mol. The third-order valence-corrected chi connectivity index (χ3v) is 4.94. The van der Waals surface area contributed by atoms with Crippen molar-refractivity contribution in [3.8, 4) is 0 Å². The summed E-state index contributed by atoms with van der Waals surface area (Å²) in [5.41, 5.74) is 8.81. The number of H-pyrrole nitrogens is 1. The maximum absolute atomic E-state index is 5.99. The van der Waals surface area contributed by atoms with Crippen LogP contribution in [0.5, 0.6) is 0 Å². The van der Waals surface area contributed by atoms with Crippen LogP contribution in [0.4, 0.5) is 11.8 Å². The molecule has 7 heteroatoms. The summed E-state index contributed by atoms with van der Waals surface area (Å²) in [4.78, 5) is 16.7. The summed E-state index contributed by atoms with van der Waals surface area (Å²) in [5, 5.41) is 6.88. The van der Waals surface area contributed by atoms with Crippen molar-refractivity contribution >= 4 is 22.9 Å². The van der Waals surface area contributed by atoms with E-state index in [1.165, 1.54) is 5.56 Å². The third-order valence-electron chi connectivity index (χ3n) is 4.94. The van der Waals surface area contributed by atoms with Gasteiger partial charge in [-0.3, -0.25) is 0 Å². The highest BCUT2D eigenvalue weighted by atomic mass is 15.2. The Morgan fingerprint density at radius 1 is 1.08 bits per heavy atom. The number of anilines is 2. The zero-order valence-corrected chi connectivity index (χ0v) is 14.8. The molecule has 1 aliphatic rings. The smallest absolute Gasteiger partial charge is 0.227 e. The zero-order valence-electron chi connectivity index (χ0n) is 14.8. The summed E-state index contributed by atoms with van der Waals surface area (Å²) < 4.78 is 0. The van der Waals surface area contributed by atoms with Gasteiger partial charge in [0.1, 0.15) is 5.52 Å². The lowest BCUT2D eigenvalue weighted by Crippen LogP contribution is -2.33. The Bertz CT molecular complexity index is 837. The first-order chi connectivity index (χ1) is 12.8. The van der Waals surface area contributed by atoms with Gasteiger partial charge in [0.2, 0.25) is 5.95 Å². The number of aromatic nitrogens is 4. The van der Waals surface area contributed by atoms with E-state index in [1.54, 1.807) is 6.33 Å². The van der Waals surface area contributed by atoms with Crippen LogP contribution in [-0.2, 0) is 6.42 Å². The molecule has 0 atom stereocenters. The van der Waals surface area contributed by atoms with Crippen LogP contribution in [-0.4, -0.2) is 38.6 Å². The van der Waals surface area contributed by atoms with Crippen LogP contribution in [0.1, 0.15) is 31.2 Å². The van der Waals surface area contributed by atoms with Gasteiger partial charge in [-0.15, -0.1) is 0 Å². The summed E-state index contributed by atoms with van der Waals surface area (Å²) in [7, 11) is 0. The van der Waals surface area contributed by atoms with E-state index < -0.39 is 0 Å². The van der Waals surface area contributed by atoms with E-state index in [0.717, 1.165) is 50.0 Å². The summed E-state index contributed by atoms with van der Waals surface area (Å²) >= 11 is 0. The number of hydrogen-bond acceptors (Lipinski definition) is 6. The molecule has 1 aromatic carbocycles. The summed E-state index contributed by atoms with van der Waals surface area (Å²) in [5.74, 6) is 1.42. The molecule has 0 saturated heterocycles. The first-order valence-corrected chi connectivity index (χ1v) is 9.29. The molecule has 136 valence electrons. The van der Waals surface area contributed by atoms with Crippen molar-refractivity contribution in [2.45, 2.75) is 44.2 Å². The van der Waals surface area contributed by atoms with Crippen LogP contribution in [0, 0.1) is 0 Å². The van der Waals surface area contributed by atoms with Crippen molar-refractivity contribution in [1.82, 2.24) is 19.9 Å². The number of imidazole rings is 1. The van der Waals surface area contributed by atoms with Gasteiger partial charge in [0.25, 0.3) is 0 Å². The van der Waals surface area contributed by atoms with Crippen LogP contribution in [0.2, 0.25) is 0 Å². The van der Waals surface area contributed by atoms with Crippen molar-refractivity contribution in [3.05, 3.63) is 42.2 Å². The number of hydrogen-bond donors (Lipinski definition) is 4. The molecule has 4 rings (SSSR count). The van der Waals surface area contributed by atoms with Crippen LogP contribution >= 0.6 is 0 Å². The molecule has 1 saturated carbocycles. The van der Waals surface area contributed by atoms with E-state index >= 15 is 0 Å². The number of fused-ring (bicyclic) bond motifs is 1. The van der Waals surface area contributed by atoms with Crippen molar-refractivity contribution in [1.29, 1.82) is 0 Å². The second-order valence-electron chi connectivity index (χ2n) is 6.92. The third kappa shape index (κ3) is 3.94. The highest BCUT2D eigenvalue weighted by molar-refractivity contribution is 5.83. The van der Waals surface area contributed by atoms with E-state index in [-0.39, 0.29) is 0 Å². The summed E-state index contributed by atoms with van der Waals surface area (Å²) in [6.45, 7) is 0.798. The maximum atomic E-state index is 5.99. The first-order valence-electron chi connectivity index (χ1n) is 9.29. The Morgan fingerprint density at radius 3 is 2.69 bits per heavy atom. The maximum Gasteiger partial charge on any atom is 0.227 e. The highest BCUT2D eigenvalue weighted by Gasteiger charge is 2.20. The van der Waals surface area contributed by atoms with Gasteiger partial charge in [0.05, 0.1) is 6.33 Å². The average molecular weight is 351 g/mol. The fourth-order valence-corrected chi connectivity index (χ4v) is 3.44. The molecule has 1 fully saturated rings. The highest BCUT2D eigenvalue weighted by Crippen LogP contribution is 2.23. The topological polar surface area (TPSA) is 105 Å². The lowest BCUT2D eigenvalue weighted by Gasteiger charge is -2.26. The van der Waals surface area contributed by atoms with Crippen molar-refractivity contribution < 1.29 is 0 Å². The molecule has 7 nitrogen and oxygen atoms in total. The minimum atomic E-state index is 0.331. The van der Waals surface area contributed by atoms with Gasteiger partial charge in [0.15, 0.2) is 11.5 Å². The first kappa shape index (κ1) is 16.8. The number of aromatic amines is 1. The fourth-order valence-electron chi connectivity index (χ4n) is 3.44. The molecule has 0 amide bonds. The molecule has 2 aromatic heterocycles. The Kier molecular flexibility index (Phi) is 4.97. The molecule has 0 radical (unpaired) electrons. The lowest BCUT2D eigenvalue weighted by molar-refractivity contribution is 0.410. The average Bonchev–Trinajstić information content (AvgIpc) is 3.13. The minimum Gasteiger partial charge on any atom is -0.368 e. The van der Waals surface area contributed by atoms with Gasteiger partial charge in [-0.05, 0) is 37.7 Å². The van der Waals surface area contributed by atoms with E-state index in [1.807, 2.05) is 6.07 Å². The number of nitrogens with one attached hydrogen (secondary N) is 3. The predicted octanol–water partition coefficient (Wildman–Crippen LogP) is 2.69. The Labute approximate surface area is 152 Å². The van der Waals surface area contributed by atoms with Gasteiger partial charge in [0, 0.05) is 18.6 Å². The van der Waals surface area contributed by atoms with E-state index in [0.29, 0.717) is 23.7 Å². The second kappa shape index (κ2) is 7.70. The van der Waals surface area contributed by atoms with E-state index in [4.69, 9.17) is 5.73 Å². The van der Waals surface area contributed by atoms with Crippen LogP contribution in [0.25, 0.3) is 11.2 Å². The summed E-state index contributed by atoms with van der Waals surface area (Å²) in [6, 6.07) is 11.1. The molecule has 0 bridgehead atoms. The fraction of sp³-hybridized carbons (Fsp3) is 0.421. The van der Waals surface area contributed by atoms with E-state index in [9.17, 15) is 0 Å². The molecule has 5 N–H and O–H groups in total. The molecule has 26 heavy (non-hydrogen) atoms. The Balaban J connectivity index is 1.45. The van der Waals surface area contributed by atoms with Crippen molar-refractivity contribution in [3.63, 3.8) is 0 Å². The standard InChI is InChI=1S/C19H25N7/c20-14-6-8-15(9-7-14)24-19-25-17(16-18(26-19)23-12-22-16)21-11-10-13-4-2-1-3-5-13/h1-5,12,14-15H,6-11,20H2,(H3,21,22,23,24,25,26). The van der Waals surface area contributed by atoms with Crippen LogP contribution in [0.3, 0.4) is 0 Å². The number of benzene rings is 1. The molecule has 1 aliphatic carbocycles. The van der Waals surface area contributed by atoms with Crippen molar-refractivity contribution in [2.75, 3.05) is 17.2 Å². The Morgan fingerprint density at radius 2 is 1.88 bits per heavy atom. The number of rotatable bonds is 6. The molecule has 0 aliphatic heterocycles. The monoisotopic (exact) mass is 351 g/mol. The minimum absolute atomic E-state index is 0.331. The molecule has 0 unspecified atom stereocenters. The quantitative estimate of drug-likeness (QED) is 0.544. The van der Waals surface area contributed by atoms with Gasteiger partial charge >= 0.3 is 0 Å². The normalized spacial score (nSPS) is 20.2. The zero-order chi connectivity index (χ0) is 17.8. The van der Waals surface area contributed by atoms with Gasteiger partial charge in [-0.25, -0.2) is 4.98 Å². The number of nitrogens with zero attached hydrogens (tertiary/aromatic N) is 3. The molecular formula is C19H25N7. The van der Waals surface area contributed by atoms with Gasteiger partial charge in [-0.1, -0.05) is 30.3 Å². The van der Waals surface area contributed by atoms with Gasteiger partial charge < -0.3 is 21.4 Å². The largest absolute Gasteiger partial charge is 0.368 e. The molecule has 2 heterocycles. The summed E-state index contributed by atoms with van der Waals surface area (Å²) in [6.07, 6.45) is 6.80. The molecule has 0 spiro atoms. The number of nitrogens with two attached hydrogens (primary N) is 1. The molecule has 3 aromatic rings. The lowest BCUT2D eigenvalue weighted by atomic mass is 9.92. The second-order valence-corrected chi connectivity index (χ2v) is 6.92. The van der Waals surface area contributed by atoms with Crippen molar-refractivity contribution in [2.24, 2.45) is 5.73 Å². The predicted molar refractivity (Wildman–Crippen MR) is 104 cm³/mol. The Hall–Kier alpha value is -2.67. The van der Waals surface area contributed by atoms with Gasteiger partial charge in [-0.2, -0.15) is 9.97 Å².